The predicted octanol–water partition coefficient (Wildman–Crippen LogP) is 4.01. The molecule has 0 bridgehead atoms. The SMILES string of the molecule is CCCCC(CC)CNCc1ccc(OC)c(OC)c1. The van der Waals surface area contributed by atoms with Crippen LogP contribution in [0, 0.1) is 5.92 Å². The zero-order valence-corrected chi connectivity index (χ0v) is 13.4. The molecule has 3 heteroatoms. The zero-order chi connectivity index (χ0) is 14.8. The third-order valence-corrected chi connectivity index (χ3v) is 3.75. The van der Waals surface area contributed by atoms with Crippen molar-refractivity contribution in [3.63, 3.8) is 0 Å². The van der Waals surface area contributed by atoms with E-state index in [1.54, 1.807) is 14.2 Å². The molecule has 0 heterocycles. The number of benzene rings is 1. The average Bonchev–Trinajstić information content (AvgIpc) is 2.50. The van der Waals surface area contributed by atoms with Gasteiger partial charge < -0.3 is 14.8 Å². The number of hydrogen-bond donors (Lipinski definition) is 1. The lowest BCUT2D eigenvalue weighted by Gasteiger charge is -2.16. The van der Waals surface area contributed by atoms with Gasteiger partial charge in [-0.2, -0.15) is 0 Å². The van der Waals surface area contributed by atoms with Crippen LogP contribution in [-0.4, -0.2) is 20.8 Å². The summed E-state index contributed by atoms with van der Waals surface area (Å²) in [6.07, 6.45) is 5.19. The van der Waals surface area contributed by atoms with Crippen molar-refractivity contribution in [1.82, 2.24) is 5.32 Å². The van der Waals surface area contributed by atoms with Crippen LogP contribution in [0.2, 0.25) is 0 Å². The summed E-state index contributed by atoms with van der Waals surface area (Å²) in [6.45, 7) is 6.50. The maximum atomic E-state index is 5.33. The maximum absolute atomic E-state index is 5.33. The lowest BCUT2D eigenvalue weighted by atomic mass is 9.99. The first kappa shape index (κ1) is 16.8. The first-order valence-electron chi connectivity index (χ1n) is 7.66. The van der Waals surface area contributed by atoms with Crippen LogP contribution in [0.4, 0.5) is 0 Å². The van der Waals surface area contributed by atoms with E-state index < -0.39 is 0 Å². The molecule has 1 aromatic rings. The number of methoxy groups -OCH3 is 2. The number of unbranched alkanes of at least 4 members (excludes halogenated alkanes) is 1. The molecule has 0 saturated heterocycles. The highest BCUT2D eigenvalue weighted by molar-refractivity contribution is 5.42. The third kappa shape index (κ3) is 5.41. The molecule has 1 N–H and O–H groups in total. The van der Waals surface area contributed by atoms with Crippen molar-refractivity contribution in [1.29, 1.82) is 0 Å². The van der Waals surface area contributed by atoms with E-state index in [1.165, 1.54) is 31.2 Å². The Morgan fingerprint density at radius 1 is 1.10 bits per heavy atom. The molecular weight excluding hydrogens is 250 g/mol. The van der Waals surface area contributed by atoms with Gasteiger partial charge in [-0.1, -0.05) is 39.2 Å². The van der Waals surface area contributed by atoms with Crippen LogP contribution >= 0.6 is 0 Å². The molecule has 3 nitrogen and oxygen atoms in total. The predicted molar refractivity (Wildman–Crippen MR) is 84.6 cm³/mol. The minimum Gasteiger partial charge on any atom is -0.493 e. The molecule has 0 aliphatic carbocycles. The van der Waals surface area contributed by atoms with Crippen molar-refractivity contribution in [2.45, 2.75) is 46.1 Å². The van der Waals surface area contributed by atoms with Crippen molar-refractivity contribution < 1.29 is 9.47 Å². The molecule has 1 rings (SSSR count). The minimum atomic E-state index is 0.783. The Bertz CT molecular complexity index is 379. The van der Waals surface area contributed by atoms with Crippen LogP contribution in [-0.2, 0) is 6.54 Å². The van der Waals surface area contributed by atoms with E-state index in [9.17, 15) is 0 Å². The van der Waals surface area contributed by atoms with Gasteiger partial charge in [-0.25, -0.2) is 0 Å². The molecule has 0 aliphatic heterocycles. The van der Waals surface area contributed by atoms with E-state index in [2.05, 4.69) is 25.2 Å². The van der Waals surface area contributed by atoms with E-state index in [0.717, 1.165) is 30.5 Å². The molecule has 20 heavy (non-hydrogen) atoms. The molecule has 0 radical (unpaired) electrons. The van der Waals surface area contributed by atoms with Crippen LogP contribution < -0.4 is 14.8 Å². The van der Waals surface area contributed by atoms with Gasteiger partial charge in [-0.15, -0.1) is 0 Å². The highest BCUT2D eigenvalue weighted by atomic mass is 16.5. The van der Waals surface area contributed by atoms with Gasteiger partial charge in [0.05, 0.1) is 14.2 Å². The van der Waals surface area contributed by atoms with Crippen molar-refractivity contribution in [3.8, 4) is 11.5 Å². The first-order chi connectivity index (χ1) is 9.74. The lowest BCUT2D eigenvalue weighted by Crippen LogP contribution is -2.22. The largest absolute Gasteiger partial charge is 0.493 e. The summed E-state index contributed by atoms with van der Waals surface area (Å²) < 4.78 is 10.6. The molecule has 114 valence electrons. The number of rotatable bonds is 10. The van der Waals surface area contributed by atoms with Gasteiger partial charge in [0.2, 0.25) is 0 Å². The monoisotopic (exact) mass is 279 g/mol. The molecule has 1 aromatic carbocycles. The molecule has 0 spiro atoms. The Labute approximate surface area is 123 Å². The zero-order valence-electron chi connectivity index (χ0n) is 13.4. The molecule has 0 fully saturated rings. The van der Waals surface area contributed by atoms with Crippen molar-refractivity contribution in [2.75, 3.05) is 20.8 Å². The number of hydrogen-bond acceptors (Lipinski definition) is 3. The van der Waals surface area contributed by atoms with E-state index in [4.69, 9.17) is 9.47 Å². The van der Waals surface area contributed by atoms with Gasteiger partial charge in [0.15, 0.2) is 11.5 Å². The number of nitrogens with one attached hydrogen (secondary N) is 1. The summed E-state index contributed by atoms with van der Waals surface area (Å²) in [7, 11) is 3.34. The molecular formula is C17H29NO2. The van der Waals surface area contributed by atoms with Gasteiger partial charge in [-0.3, -0.25) is 0 Å². The van der Waals surface area contributed by atoms with E-state index in [-0.39, 0.29) is 0 Å². The van der Waals surface area contributed by atoms with Crippen molar-refractivity contribution >= 4 is 0 Å². The van der Waals surface area contributed by atoms with Gasteiger partial charge in [-0.05, 0) is 36.6 Å². The molecule has 0 amide bonds. The Morgan fingerprint density at radius 3 is 2.45 bits per heavy atom. The Kier molecular flexibility index (Phi) is 8.12. The lowest BCUT2D eigenvalue weighted by molar-refractivity contribution is 0.354. The Balaban J connectivity index is 2.44. The highest BCUT2D eigenvalue weighted by Gasteiger charge is 2.07. The highest BCUT2D eigenvalue weighted by Crippen LogP contribution is 2.27. The molecule has 1 unspecified atom stereocenters. The fourth-order valence-electron chi connectivity index (χ4n) is 2.35. The van der Waals surface area contributed by atoms with E-state index >= 15 is 0 Å². The summed E-state index contributed by atoms with van der Waals surface area (Å²) in [5.74, 6) is 2.37. The summed E-state index contributed by atoms with van der Waals surface area (Å²) in [6, 6.07) is 6.09. The Hall–Kier alpha value is -1.22. The summed E-state index contributed by atoms with van der Waals surface area (Å²) >= 11 is 0. The fourth-order valence-corrected chi connectivity index (χ4v) is 2.35. The van der Waals surface area contributed by atoms with Crippen LogP contribution in [0.3, 0.4) is 0 Å². The summed E-state index contributed by atoms with van der Waals surface area (Å²) in [4.78, 5) is 0. The topological polar surface area (TPSA) is 30.5 Å². The van der Waals surface area contributed by atoms with Gasteiger partial charge in [0.1, 0.15) is 0 Å². The standard InChI is InChI=1S/C17H29NO2/c1-5-7-8-14(6-2)12-18-13-15-9-10-16(19-3)17(11-15)20-4/h9-11,14,18H,5-8,12-13H2,1-4H3. The second-order valence-corrected chi connectivity index (χ2v) is 5.24. The molecule has 0 saturated carbocycles. The van der Waals surface area contributed by atoms with Crippen LogP contribution in [0.25, 0.3) is 0 Å². The second kappa shape index (κ2) is 9.65. The maximum Gasteiger partial charge on any atom is 0.161 e. The Morgan fingerprint density at radius 2 is 1.85 bits per heavy atom. The second-order valence-electron chi connectivity index (χ2n) is 5.24. The normalized spacial score (nSPS) is 12.2. The van der Waals surface area contributed by atoms with Crippen LogP contribution in [0.1, 0.15) is 45.1 Å². The summed E-state index contributed by atoms with van der Waals surface area (Å²) in [5.41, 5.74) is 1.23. The van der Waals surface area contributed by atoms with Gasteiger partial charge in [0.25, 0.3) is 0 Å². The van der Waals surface area contributed by atoms with Crippen LogP contribution in [0.15, 0.2) is 18.2 Å². The van der Waals surface area contributed by atoms with Gasteiger partial charge in [0, 0.05) is 6.54 Å². The first-order valence-corrected chi connectivity index (χ1v) is 7.66. The van der Waals surface area contributed by atoms with E-state index in [1.807, 2.05) is 12.1 Å². The molecule has 1 atom stereocenters. The van der Waals surface area contributed by atoms with Crippen molar-refractivity contribution in [3.05, 3.63) is 23.8 Å². The quantitative estimate of drug-likeness (QED) is 0.702. The smallest absolute Gasteiger partial charge is 0.161 e. The molecule has 0 aromatic heterocycles. The fraction of sp³-hybridized carbons (Fsp3) is 0.647. The number of ether oxygens (including phenoxy) is 2. The average molecular weight is 279 g/mol. The van der Waals surface area contributed by atoms with E-state index in [0.29, 0.717) is 0 Å². The molecule has 0 aliphatic rings. The van der Waals surface area contributed by atoms with Crippen LogP contribution in [0.5, 0.6) is 11.5 Å². The minimum absolute atomic E-state index is 0.783. The third-order valence-electron chi connectivity index (χ3n) is 3.75. The van der Waals surface area contributed by atoms with Crippen molar-refractivity contribution in [2.24, 2.45) is 5.92 Å². The summed E-state index contributed by atoms with van der Waals surface area (Å²) in [5, 5.41) is 3.55. The van der Waals surface area contributed by atoms with Gasteiger partial charge >= 0.3 is 0 Å².